The molecule has 0 aromatic carbocycles. The number of amides is 1. The Morgan fingerprint density at radius 1 is 1.25 bits per heavy atom. The molecule has 4 heteroatoms. The number of hydrogen-bond donors (Lipinski definition) is 1. The Kier molecular flexibility index (Phi) is 1.77. The summed E-state index contributed by atoms with van der Waals surface area (Å²) in [5, 5.41) is 2.66. The van der Waals surface area contributed by atoms with Crippen molar-refractivity contribution in [2.45, 2.75) is 37.6 Å². The smallest absolute Gasteiger partial charge is 0.220 e. The van der Waals surface area contributed by atoms with E-state index in [9.17, 15) is 13.6 Å². The molecule has 0 radical (unpaired) electrons. The first-order chi connectivity index (χ1) is 5.66. The summed E-state index contributed by atoms with van der Waals surface area (Å²) in [5.74, 6) is -0.0363. The highest BCUT2D eigenvalue weighted by Gasteiger charge is 2.42. The van der Waals surface area contributed by atoms with Crippen molar-refractivity contribution < 1.29 is 13.6 Å². The van der Waals surface area contributed by atoms with Crippen LogP contribution in [-0.4, -0.2) is 24.3 Å². The first kappa shape index (κ1) is 7.95. The number of alkyl halides is 2. The van der Waals surface area contributed by atoms with E-state index in [0.717, 1.165) is 0 Å². The van der Waals surface area contributed by atoms with Gasteiger partial charge in [0.1, 0.15) is 12.3 Å². The van der Waals surface area contributed by atoms with Crippen LogP contribution in [0.15, 0.2) is 0 Å². The first-order valence-corrected chi connectivity index (χ1v) is 4.24. The summed E-state index contributed by atoms with van der Waals surface area (Å²) in [6, 6.07) is -0.112. The van der Waals surface area contributed by atoms with Gasteiger partial charge in [0.25, 0.3) is 0 Å². The average Bonchev–Trinajstić information content (AvgIpc) is 2.30. The lowest BCUT2D eigenvalue weighted by molar-refractivity contribution is -0.119. The molecule has 1 aliphatic carbocycles. The van der Waals surface area contributed by atoms with Gasteiger partial charge in [0.05, 0.1) is 0 Å². The molecule has 1 heterocycles. The van der Waals surface area contributed by atoms with Gasteiger partial charge in [-0.05, 0) is 12.3 Å². The molecule has 0 bridgehead atoms. The Balaban J connectivity index is 2.05. The van der Waals surface area contributed by atoms with Crippen molar-refractivity contribution in [3.05, 3.63) is 0 Å². The van der Waals surface area contributed by atoms with Crippen molar-refractivity contribution in [3.8, 4) is 0 Å². The van der Waals surface area contributed by atoms with Crippen LogP contribution in [0.2, 0.25) is 0 Å². The van der Waals surface area contributed by atoms with E-state index >= 15 is 0 Å². The van der Waals surface area contributed by atoms with E-state index in [1.54, 1.807) is 0 Å². The van der Waals surface area contributed by atoms with Crippen LogP contribution in [0, 0.1) is 5.92 Å². The van der Waals surface area contributed by atoms with E-state index < -0.39 is 12.3 Å². The summed E-state index contributed by atoms with van der Waals surface area (Å²) in [4.78, 5) is 10.9. The molecule has 2 rings (SSSR count). The van der Waals surface area contributed by atoms with Crippen LogP contribution in [0.25, 0.3) is 0 Å². The van der Waals surface area contributed by atoms with Crippen molar-refractivity contribution in [1.82, 2.24) is 5.32 Å². The van der Waals surface area contributed by atoms with Crippen LogP contribution in [0.1, 0.15) is 19.3 Å². The second kappa shape index (κ2) is 2.68. The molecule has 2 nitrogen and oxygen atoms in total. The average molecular weight is 175 g/mol. The molecule has 2 aliphatic rings. The van der Waals surface area contributed by atoms with Crippen molar-refractivity contribution >= 4 is 5.91 Å². The van der Waals surface area contributed by atoms with Gasteiger partial charge in [-0.25, -0.2) is 8.78 Å². The summed E-state index contributed by atoms with van der Waals surface area (Å²) >= 11 is 0. The lowest BCUT2D eigenvalue weighted by Crippen LogP contribution is -2.40. The third-order valence-electron chi connectivity index (χ3n) is 2.76. The zero-order chi connectivity index (χ0) is 8.72. The third-order valence-corrected chi connectivity index (χ3v) is 2.76. The van der Waals surface area contributed by atoms with Gasteiger partial charge < -0.3 is 5.32 Å². The molecule has 4 unspecified atom stereocenters. The normalized spacial score (nSPS) is 47.0. The number of nitrogens with one attached hydrogen (secondary N) is 1. The predicted octanol–water partition coefficient (Wildman–Crippen LogP) is 0.961. The number of carbonyl (C=O) groups excluding carboxylic acids is 1. The van der Waals surface area contributed by atoms with Crippen LogP contribution in [0.5, 0.6) is 0 Å². The molecule has 4 atom stereocenters. The molecule has 0 aromatic heterocycles. The highest BCUT2D eigenvalue weighted by molar-refractivity contribution is 5.79. The predicted molar refractivity (Wildman–Crippen MR) is 39.1 cm³/mol. The molecule has 1 saturated carbocycles. The number of halogens is 2. The number of rotatable bonds is 0. The van der Waals surface area contributed by atoms with Crippen LogP contribution in [-0.2, 0) is 4.79 Å². The zero-order valence-electron chi connectivity index (χ0n) is 6.59. The second-order valence-corrected chi connectivity index (χ2v) is 3.64. The summed E-state index contributed by atoms with van der Waals surface area (Å²) in [7, 11) is 0. The maximum atomic E-state index is 12.8. The van der Waals surface area contributed by atoms with Gasteiger partial charge in [-0.15, -0.1) is 0 Å². The van der Waals surface area contributed by atoms with Crippen molar-refractivity contribution in [3.63, 3.8) is 0 Å². The molecule has 1 saturated heterocycles. The minimum Gasteiger partial charge on any atom is -0.353 e. The van der Waals surface area contributed by atoms with E-state index in [-0.39, 0.29) is 30.7 Å². The Morgan fingerprint density at radius 2 is 1.92 bits per heavy atom. The van der Waals surface area contributed by atoms with Crippen molar-refractivity contribution in [2.24, 2.45) is 5.92 Å². The minimum atomic E-state index is -1.38. The first-order valence-electron chi connectivity index (χ1n) is 4.24. The maximum Gasteiger partial charge on any atom is 0.220 e. The molecule has 12 heavy (non-hydrogen) atoms. The molecule has 1 amide bonds. The maximum absolute atomic E-state index is 12.8. The van der Waals surface area contributed by atoms with Crippen molar-refractivity contribution in [1.29, 1.82) is 0 Å². The highest BCUT2D eigenvalue weighted by Crippen LogP contribution is 2.34. The molecule has 1 N–H and O–H groups in total. The van der Waals surface area contributed by atoms with E-state index in [1.165, 1.54) is 0 Å². The fourth-order valence-electron chi connectivity index (χ4n) is 2.09. The molecule has 2 fully saturated rings. The number of carbonyl (C=O) groups is 1. The van der Waals surface area contributed by atoms with Gasteiger partial charge >= 0.3 is 0 Å². The number of fused-ring (bicyclic) bond motifs is 1. The van der Waals surface area contributed by atoms with Crippen LogP contribution >= 0.6 is 0 Å². The highest BCUT2D eigenvalue weighted by atomic mass is 19.2. The van der Waals surface area contributed by atoms with Crippen LogP contribution in [0.3, 0.4) is 0 Å². The third kappa shape index (κ3) is 1.19. The SMILES string of the molecule is O=C1CC2CC(F)C(F)CC2N1. The molecule has 68 valence electrons. The quantitative estimate of drug-likeness (QED) is 0.583. The molecular weight excluding hydrogens is 164 g/mol. The Hall–Kier alpha value is -0.670. The van der Waals surface area contributed by atoms with Crippen LogP contribution < -0.4 is 5.32 Å². The molecule has 0 spiro atoms. The van der Waals surface area contributed by atoms with Gasteiger partial charge in [0, 0.05) is 18.9 Å². The van der Waals surface area contributed by atoms with Crippen LogP contribution in [0.4, 0.5) is 8.78 Å². The van der Waals surface area contributed by atoms with Crippen molar-refractivity contribution in [2.75, 3.05) is 0 Å². The standard InChI is InChI=1S/C8H11F2NO/c9-5-1-4-2-8(12)11-7(4)3-6(5)10/h4-7H,1-3H2,(H,11,12). The summed E-state index contributed by atoms with van der Waals surface area (Å²) in [5.41, 5.74) is 0. The van der Waals surface area contributed by atoms with Gasteiger partial charge in [0.15, 0.2) is 0 Å². The zero-order valence-corrected chi connectivity index (χ0v) is 6.59. The van der Waals surface area contributed by atoms with Gasteiger partial charge in [-0.3, -0.25) is 4.79 Å². The molecular formula is C8H11F2NO. The summed E-state index contributed by atoms with van der Waals surface area (Å²) in [6.45, 7) is 0. The lowest BCUT2D eigenvalue weighted by Gasteiger charge is -2.29. The van der Waals surface area contributed by atoms with E-state index in [1.807, 2.05) is 0 Å². The second-order valence-electron chi connectivity index (χ2n) is 3.64. The Labute approximate surface area is 69.3 Å². The van der Waals surface area contributed by atoms with E-state index in [4.69, 9.17) is 0 Å². The van der Waals surface area contributed by atoms with Gasteiger partial charge in [-0.2, -0.15) is 0 Å². The fraction of sp³-hybridized carbons (Fsp3) is 0.875. The topological polar surface area (TPSA) is 29.1 Å². The number of hydrogen-bond acceptors (Lipinski definition) is 1. The fourth-order valence-corrected chi connectivity index (χ4v) is 2.09. The summed E-state index contributed by atoms with van der Waals surface area (Å²) < 4.78 is 25.6. The van der Waals surface area contributed by atoms with E-state index in [2.05, 4.69) is 5.32 Å². The Bertz CT molecular complexity index is 189. The van der Waals surface area contributed by atoms with E-state index in [0.29, 0.717) is 6.42 Å². The summed E-state index contributed by atoms with van der Waals surface area (Å²) in [6.07, 6.45) is -2.02. The monoisotopic (exact) mass is 175 g/mol. The minimum absolute atomic E-state index is 0.0273. The van der Waals surface area contributed by atoms with Gasteiger partial charge in [0.2, 0.25) is 5.91 Å². The van der Waals surface area contributed by atoms with Gasteiger partial charge in [-0.1, -0.05) is 0 Å². The molecule has 1 aliphatic heterocycles. The Morgan fingerprint density at radius 3 is 2.67 bits per heavy atom. The largest absolute Gasteiger partial charge is 0.353 e. The lowest BCUT2D eigenvalue weighted by atomic mass is 9.83. The molecule has 0 aromatic rings.